The average molecular weight is 409 g/mol. The van der Waals surface area contributed by atoms with Gasteiger partial charge in [-0.15, -0.1) is 0 Å². The molecule has 0 fully saturated rings. The van der Waals surface area contributed by atoms with Crippen molar-refractivity contribution in [2.24, 2.45) is 5.10 Å². The van der Waals surface area contributed by atoms with Crippen molar-refractivity contribution in [1.29, 1.82) is 0 Å². The van der Waals surface area contributed by atoms with E-state index in [1.165, 1.54) is 0 Å². The number of nitrogens with zero attached hydrogens (tertiary/aromatic N) is 4. The summed E-state index contributed by atoms with van der Waals surface area (Å²) in [5, 5.41) is 14.6. The molecule has 0 unspecified atom stereocenters. The standard InChI is InChI=1S/C25H23N5O/c1-30(2)20-14-12-18(13-15-20)17-26-29-25-27-22(19-8-4-3-5-9-19)16-23(28-25)21-10-6-7-11-24(21)31/h3-17,31H,1-2H3,(H,27,28,29)/b26-17+. The van der Waals surface area contributed by atoms with E-state index in [0.717, 1.165) is 22.5 Å². The molecule has 2 N–H and O–H groups in total. The number of anilines is 2. The van der Waals surface area contributed by atoms with Crippen LogP contribution in [0.4, 0.5) is 11.6 Å². The molecular weight excluding hydrogens is 386 g/mol. The zero-order chi connectivity index (χ0) is 21.6. The molecule has 0 saturated heterocycles. The number of para-hydroxylation sites is 1. The third-order valence-corrected chi connectivity index (χ3v) is 4.76. The Morgan fingerprint density at radius 3 is 2.23 bits per heavy atom. The van der Waals surface area contributed by atoms with E-state index in [9.17, 15) is 5.11 Å². The Morgan fingerprint density at radius 2 is 1.52 bits per heavy atom. The highest BCUT2D eigenvalue weighted by atomic mass is 16.3. The summed E-state index contributed by atoms with van der Waals surface area (Å²) in [4.78, 5) is 11.2. The monoisotopic (exact) mass is 409 g/mol. The van der Waals surface area contributed by atoms with E-state index in [1.54, 1.807) is 18.3 Å². The van der Waals surface area contributed by atoms with Crippen LogP contribution in [0, 0.1) is 0 Å². The van der Waals surface area contributed by atoms with Gasteiger partial charge < -0.3 is 10.0 Å². The number of aromatic hydroxyl groups is 1. The van der Waals surface area contributed by atoms with Crippen LogP contribution < -0.4 is 10.3 Å². The molecule has 6 nitrogen and oxygen atoms in total. The van der Waals surface area contributed by atoms with Gasteiger partial charge in [-0.2, -0.15) is 5.10 Å². The lowest BCUT2D eigenvalue weighted by Gasteiger charge is -2.11. The second kappa shape index (κ2) is 9.09. The fraction of sp³-hybridized carbons (Fsp3) is 0.0800. The lowest BCUT2D eigenvalue weighted by Crippen LogP contribution is -2.08. The van der Waals surface area contributed by atoms with Gasteiger partial charge in [-0.25, -0.2) is 15.4 Å². The zero-order valence-corrected chi connectivity index (χ0v) is 17.4. The van der Waals surface area contributed by atoms with E-state index in [4.69, 9.17) is 0 Å². The summed E-state index contributed by atoms with van der Waals surface area (Å²) < 4.78 is 0. The summed E-state index contributed by atoms with van der Waals surface area (Å²) >= 11 is 0. The van der Waals surface area contributed by atoms with Crippen molar-refractivity contribution in [2.45, 2.75) is 0 Å². The molecule has 4 aromatic rings. The number of rotatable bonds is 6. The van der Waals surface area contributed by atoms with Gasteiger partial charge in [0.1, 0.15) is 5.75 Å². The molecule has 31 heavy (non-hydrogen) atoms. The van der Waals surface area contributed by atoms with Gasteiger partial charge in [0.25, 0.3) is 0 Å². The van der Waals surface area contributed by atoms with Gasteiger partial charge in [-0.3, -0.25) is 0 Å². The highest BCUT2D eigenvalue weighted by Gasteiger charge is 2.11. The Hall–Kier alpha value is -4.19. The molecule has 0 atom stereocenters. The molecule has 0 amide bonds. The lowest BCUT2D eigenvalue weighted by molar-refractivity contribution is 0.477. The van der Waals surface area contributed by atoms with Crippen molar-refractivity contribution in [3.05, 3.63) is 90.5 Å². The van der Waals surface area contributed by atoms with Crippen LogP contribution in [0.3, 0.4) is 0 Å². The predicted molar refractivity (Wildman–Crippen MR) is 127 cm³/mol. The van der Waals surface area contributed by atoms with E-state index >= 15 is 0 Å². The van der Waals surface area contributed by atoms with Crippen LogP contribution >= 0.6 is 0 Å². The first-order valence-electron chi connectivity index (χ1n) is 9.89. The van der Waals surface area contributed by atoms with Crippen LogP contribution in [0.15, 0.2) is 90.0 Å². The second-order valence-electron chi connectivity index (χ2n) is 7.20. The van der Waals surface area contributed by atoms with Crippen molar-refractivity contribution in [1.82, 2.24) is 9.97 Å². The van der Waals surface area contributed by atoms with Crippen LogP contribution in [0.5, 0.6) is 5.75 Å². The van der Waals surface area contributed by atoms with Crippen LogP contribution in [0.2, 0.25) is 0 Å². The summed E-state index contributed by atoms with van der Waals surface area (Å²) in [6.07, 6.45) is 1.72. The van der Waals surface area contributed by atoms with E-state index in [-0.39, 0.29) is 5.75 Å². The summed E-state index contributed by atoms with van der Waals surface area (Å²) in [6.45, 7) is 0. The van der Waals surface area contributed by atoms with E-state index < -0.39 is 0 Å². The average Bonchev–Trinajstić information content (AvgIpc) is 2.80. The Bertz CT molecular complexity index is 1190. The number of nitrogens with one attached hydrogen (secondary N) is 1. The van der Waals surface area contributed by atoms with Gasteiger partial charge in [-0.1, -0.05) is 54.6 Å². The van der Waals surface area contributed by atoms with Crippen molar-refractivity contribution in [3.8, 4) is 28.3 Å². The number of phenols is 1. The Morgan fingerprint density at radius 1 is 0.839 bits per heavy atom. The van der Waals surface area contributed by atoms with Gasteiger partial charge in [0.15, 0.2) is 0 Å². The zero-order valence-electron chi connectivity index (χ0n) is 17.4. The first kappa shape index (κ1) is 20.1. The van der Waals surface area contributed by atoms with E-state index in [2.05, 4.69) is 20.5 Å². The summed E-state index contributed by atoms with van der Waals surface area (Å²) in [5.41, 5.74) is 7.94. The van der Waals surface area contributed by atoms with E-state index in [0.29, 0.717) is 17.2 Å². The molecule has 0 aliphatic heterocycles. The lowest BCUT2D eigenvalue weighted by atomic mass is 10.1. The van der Waals surface area contributed by atoms with Crippen molar-refractivity contribution in [3.63, 3.8) is 0 Å². The molecule has 6 heteroatoms. The van der Waals surface area contributed by atoms with Gasteiger partial charge in [0.05, 0.1) is 17.6 Å². The van der Waals surface area contributed by atoms with Crippen LogP contribution in [0.25, 0.3) is 22.5 Å². The summed E-state index contributed by atoms with van der Waals surface area (Å²) in [7, 11) is 4.01. The normalized spacial score (nSPS) is 10.9. The van der Waals surface area contributed by atoms with Crippen LogP contribution in [-0.2, 0) is 0 Å². The van der Waals surface area contributed by atoms with Crippen LogP contribution in [-0.4, -0.2) is 35.4 Å². The number of hydrazone groups is 1. The molecule has 154 valence electrons. The highest BCUT2D eigenvalue weighted by molar-refractivity contribution is 5.81. The maximum Gasteiger partial charge on any atom is 0.244 e. The Labute approximate surface area is 181 Å². The Kier molecular flexibility index (Phi) is 5.89. The number of phenolic OH excluding ortho intramolecular Hbond substituents is 1. The van der Waals surface area contributed by atoms with Crippen molar-refractivity contribution >= 4 is 17.9 Å². The fourth-order valence-electron chi connectivity index (χ4n) is 3.11. The molecule has 0 aliphatic rings. The minimum absolute atomic E-state index is 0.163. The first-order chi connectivity index (χ1) is 15.1. The van der Waals surface area contributed by atoms with Crippen molar-refractivity contribution < 1.29 is 5.11 Å². The number of hydrogen-bond acceptors (Lipinski definition) is 6. The highest BCUT2D eigenvalue weighted by Crippen LogP contribution is 2.30. The molecule has 4 rings (SSSR count). The second-order valence-corrected chi connectivity index (χ2v) is 7.20. The SMILES string of the molecule is CN(C)c1ccc(/C=N/Nc2nc(-c3ccccc3)cc(-c3ccccc3O)n2)cc1. The molecule has 1 heterocycles. The molecule has 0 aliphatic carbocycles. The van der Waals surface area contributed by atoms with Crippen molar-refractivity contribution in [2.75, 3.05) is 24.4 Å². The largest absolute Gasteiger partial charge is 0.507 e. The number of benzene rings is 3. The molecular formula is C25H23N5O. The third kappa shape index (κ3) is 4.87. The molecule has 0 bridgehead atoms. The van der Waals surface area contributed by atoms with Gasteiger partial charge in [0, 0.05) is 30.9 Å². The quantitative estimate of drug-likeness (QED) is 0.345. The first-order valence-corrected chi connectivity index (χ1v) is 9.89. The van der Waals surface area contributed by atoms with Gasteiger partial charge in [0.2, 0.25) is 5.95 Å². The molecule has 1 aromatic heterocycles. The number of hydrogen-bond donors (Lipinski definition) is 2. The minimum atomic E-state index is 0.163. The third-order valence-electron chi connectivity index (χ3n) is 4.76. The fourth-order valence-corrected chi connectivity index (χ4v) is 3.11. The Balaban J connectivity index is 1.65. The maximum atomic E-state index is 10.3. The topological polar surface area (TPSA) is 73.6 Å². The maximum absolute atomic E-state index is 10.3. The van der Waals surface area contributed by atoms with E-state index in [1.807, 2.05) is 91.8 Å². The summed E-state index contributed by atoms with van der Waals surface area (Å²) in [6, 6.07) is 26.9. The molecule has 0 radical (unpaired) electrons. The molecule has 3 aromatic carbocycles. The minimum Gasteiger partial charge on any atom is -0.507 e. The van der Waals surface area contributed by atoms with Crippen LogP contribution in [0.1, 0.15) is 5.56 Å². The smallest absolute Gasteiger partial charge is 0.244 e. The van der Waals surface area contributed by atoms with Gasteiger partial charge in [-0.05, 0) is 35.9 Å². The predicted octanol–water partition coefficient (Wildman–Crippen LogP) is 5.03. The summed E-state index contributed by atoms with van der Waals surface area (Å²) in [5.74, 6) is 0.511. The van der Waals surface area contributed by atoms with Gasteiger partial charge >= 0.3 is 0 Å². The molecule has 0 saturated carbocycles. The molecule has 0 spiro atoms. The number of aromatic nitrogens is 2.